The van der Waals surface area contributed by atoms with Crippen LogP contribution in [-0.4, -0.2) is 17.9 Å². The van der Waals surface area contributed by atoms with Gasteiger partial charge in [0.15, 0.2) is 0 Å². The minimum atomic E-state index is -0.403. The maximum atomic E-state index is 13.7. The molecule has 0 heterocycles. The monoisotopic (exact) mass is 403 g/mol. The van der Waals surface area contributed by atoms with Gasteiger partial charge in [-0.1, -0.05) is 23.7 Å². The van der Waals surface area contributed by atoms with Crippen LogP contribution in [0.15, 0.2) is 42.5 Å². The molecule has 0 aliphatic heterocycles. The van der Waals surface area contributed by atoms with Gasteiger partial charge < -0.3 is 4.90 Å². The van der Waals surface area contributed by atoms with E-state index in [4.69, 9.17) is 11.6 Å². The molecule has 0 saturated carbocycles. The van der Waals surface area contributed by atoms with Crippen molar-refractivity contribution >= 4 is 40.1 Å². The van der Waals surface area contributed by atoms with Crippen LogP contribution in [0.5, 0.6) is 0 Å². The summed E-state index contributed by atoms with van der Waals surface area (Å²) in [5.74, 6) is -0.567. The summed E-state index contributed by atoms with van der Waals surface area (Å²) >= 11 is 8.11. The molecule has 0 atom stereocenters. The standard InChI is InChI=1S/C15H12ClFINO/c1-19(9-12-13(16)6-3-7-14(12)17)15(20)10-4-2-5-11(18)8-10/h2-8H,9H2,1H3. The Hall–Kier alpha value is -1.14. The van der Waals surface area contributed by atoms with Crippen molar-refractivity contribution in [1.29, 1.82) is 0 Å². The molecule has 0 unspecified atom stereocenters. The van der Waals surface area contributed by atoms with Gasteiger partial charge >= 0.3 is 0 Å². The first-order valence-corrected chi connectivity index (χ1v) is 7.38. The average molecular weight is 404 g/mol. The van der Waals surface area contributed by atoms with Crippen molar-refractivity contribution in [3.05, 3.63) is 68.0 Å². The molecule has 0 aliphatic carbocycles. The van der Waals surface area contributed by atoms with E-state index in [1.165, 1.54) is 11.0 Å². The first kappa shape index (κ1) is 15.3. The number of hydrogen-bond acceptors (Lipinski definition) is 1. The van der Waals surface area contributed by atoms with Gasteiger partial charge in [0.1, 0.15) is 5.82 Å². The molecule has 1 amide bonds. The topological polar surface area (TPSA) is 20.3 Å². The zero-order valence-corrected chi connectivity index (χ0v) is 13.7. The Morgan fingerprint density at radius 1 is 1.30 bits per heavy atom. The van der Waals surface area contributed by atoms with Crippen molar-refractivity contribution in [3.63, 3.8) is 0 Å². The molecule has 0 aliphatic rings. The minimum Gasteiger partial charge on any atom is -0.337 e. The SMILES string of the molecule is CN(Cc1c(F)cccc1Cl)C(=O)c1cccc(I)c1. The zero-order chi connectivity index (χ0) is 14.7. The van der Waals surface area contributed by atoms with Crippen LogP contribution in [0.3, 0.4) is 0 Å². The summed E-state index contributed by atoms with van der Waals surface area (Å²) in [5, 5.41) is 0.326. The van der Waals surface area contributed by atoms with Crippen molar-refractivity contribution in [2.24, 2.45) is 0 Å². The van der Waals surface area contributed by atoms with E-state index in [1.807, 2.05) is 12.1 Å². The average Bonchev–Trinajstić information content (AvgIpc) is 2.42. The highest BCUT2D eigenvalue weighted by molar-refractivity contribution is 14.1. The van der Waals surface area contributed by atoms with Gasteiger partial charge in [0, 0.05) is 33.3 Å². The highest BCUT2D eigenvalue weighted by atomic mass is 127. The highest BCUT2D eigenvalue weighted by Crippen LogP contribution is 2.21. The summed E-state index contributed by atoms with van der Waals surface area (Å²) in [6, 6.07) is 11.8. The maximum Gasteiger partial charge on any atom is 0.253 e. The zero-order valence-electron chi connectivity index (χ0n) is 10.7. The van der Waals surface area contributed by atoms with Crippen LogP contribution in [0.1, 0.15) is 15.9 Å². The molecule has 0 fully saturated rings. The predicted octanol–water partition coefficient (Wildman–Crippen LogP) is 4.36. The van der Waals surface area contributed by atoms with Gasteiger partial charge in [-0.2, -0.15) is 0 Å². The van der Waals surface area contributed by atoms with E-state index < -0.39 is 5.82 Å². The van der Waals surface area contributed by atoms with E-state index >= 15 is 0 Å². The normalized spacial score (nSPS) is 10.4. The largest absolute Gasteiger partial charge is 0.337 e. The number of benzene rings is 2. The van der Waals surface area contributed by atoms with Crippen LogP contribution >= 0.6 is 34.2 Å². The highest BCUT2D eigenvalue weighted by Gasteiger charge is 2.15. The minimum absolute atomic E-state index is 0.135. The summed E-state index contributed by atoms with van der Waals surface area (Å²) < 4.78 is 14.7. The molecule has 0 saturated heterocycles. The van der Waals surface area contributed by atoms with Crippen LogP contribution in [0.25, 0.3) is 0 Å². The van der Waals surface area contributed by atoms with E-state index in [0.717, 1.165) is 3.57 Å². The first-order chi connectivity index (χ1) is 9.49. The molecule has 104 valence electrons. The van der Waals surface area contributed by atoms with Crippen molar-refractivity contribution in [2.45, 2.75) is 6.54 Å². The molecule has 0 aromatic heterocycles. The molecule has 0 spiro atoms. The molecule has 0 bridgehead atoms. The lowest BCUT2D eigenvalue weighted by Crippen LogP contribution is -2.26. The summed E-state index contributed by atoms with van der Waals surface area (Å²) in [4.78, 5) is 13.7. The first-order valence-electron chi connectivity index (χ1n) is 5.93. The van der Waals surface area contributed by atoms with Crippen LogP contribution in [0, 0.1) is 9.39 Å². The van der Waals surface area contributed by atoms with Gasteiger partial charge in [-0.15, -0.1) is 0 Å². The molecule has 20 heavy (non-hydrogen) atoms. The van der Waals surface area contributed by atoms with Crippen LogP contribution < -0.4 is 0 Å². The van der Waals surface area contributed by atoms with E-state index in [-0.39, 0.29) is 12.5 Å². The van der Waals surface area contributed by atoms with Crippen LogP contribution in [0.4, 0.5) is 4.39 Å². The molecule has 2 rings (SSSR count). The van der Waals surface area contributed by atoms with Gasteiger partial charge in [0.05, 0.1) is 0 Å². The molecule has 2 aromatic carbocycles. The smallest absolute Gasteiger partial charge is 0.253 e. The van der Waals surface area contributed by atoms with E-state index in [0.29, 0.717) is 16.1 Å². The molecule has 2 aromatic rings. The fourth-order valence-electron chi connectivity index (χ4n) is 1.83. The number of hydrogen-bond donors (Lipinski definition) is 0. The Kier molecular flexibility index (Phi) is 4.99. The van der Waals surface area contributed by atoms with Gasteiger partial charge in [-0.3, -0.25) is 4.79 Å². The maximum absolute atomic E-state index is 13.7. The van der Waals surface area contributed by atoms with Crippen molar-refractivity contribution in [1.82, 2.24) is 4.90 Å². The molecule has 0 radical (unpaired) electrons. The van der Waals surface area contributed by atoms with Crippen molar-refractivity contribution in [2.75, 3.05) is 7.05 Å². The molecule has 5 heteroatoms. The summed E-state index contributed by atoms with van der Waals surface area (Å²) in [6.07, 6.45) is 0. The van der Waals surface area contributed by atoms with Crippen molar-refractivity contribution in [3.8, 4) is 0 Å². The van der Waals surface area contributed by atoms with Crippen LogP contribution in [0.2, 0.25) is 5.02 Å². The second kappa shape index (κ2) is 6.54. The number of nitrogens with zero attached hydrogens (tertiary/aromatic N) is 1. The number of carbonyl (C=O) groups excluding carboxylic acids is 1. The molecular formula is C15H12ClFINO. The number of amides is 1. The Morgan fingerprint density at radius 3 is 2.65 bits per heavy atom. The third-order valence-corrected chi connectivity index (χ3v) is 3.90. The Balaban J connectivity index is 2.20. The Morgan fingerprint density at radius 2 is 2.00 bits per heavy atom. The van der Waals surface area contributed by atoms with Gasteiger partial charge in [-0.05, 0) is 52.9 Å². The molecular weight excluding hydrogens is 392 g/mol. The molecule has 2 nitrogen and oxygen atoms in total. The fraction of sp³-hybridized carbons (Fsp3) is 0.133. The summed E-state index contributed by atoms with van der Waals surface area (Å²) in [7, 11) is 1.63. The van der Waals surface area contributed by atoms with Crippen LogP contribution in [-0.2, 0) is 6.54 Å². The van der Waals surface area contributed by atoms with Gasteiger partial charge in [-0.25, -0.2) is 4.39 Å². The number of halogens is 3. The van der Waals surface area contributed by atoms with Gasteiger partial charge in [0.25, 0.3) is 5.91 Å². The lowest BCUT2D eigenvalue weighted by molar-refractivity contribution is 0.0784. The van der Waals surface area contributed by atoms with E-state index in [1.54, 1.807) is 31.3 Å². The quantitative estimate of drug-likeness (QED) is 0.698. The fourth-order valence-corrected chi connectivity index (χ4v) is 2.60. The Bertz CT molecular complexity index is 627. The van der Waals surface area contributed by atoms with E-state index in [9.17, 15) is 9.18 Å². The van der Waals surface area contributed by atoms with Crippen molar-refractivity contribution < 1.29 is 9.18 Å². The molecule has 0 N–H and O–H groups in total. The van der Waals surface area contributed by atoms with E-state index in [2.05, 4.69) is 22.6 Å². The lowest BCUT2D eigenvalue weighted by atomic mass is 10.1. The Labute approximate surface area is 135 Å². The second-order valence-corrected chi connectivity index (χ2v) is 6.02. The predicted molar refractivity (Wildman–Crippen MR) is 86.4 cm³/mol. The second-order valence-electron chi connectivity index (χ2n) is 4.37. The van der Waals surface area contributed by atoms with Gasteiger partial charge in [0.2, 0.25) is 0 Å². The number of rotatable bonds is 3. The number of carbonyl (C=O) groups is 1. The summed E-state index contributed by atoms with van der Waals surface area (Å²) in [6.45, 7) is 0.135. The summed E-state index contributed by atoms with van der Waals surface area (Å²) in [5.41, 5.74) is 0.905. The third kappa shape index (κ3) is 3.49. The lowest BCUT2D eigenvalue weighted by Gasteiger charge is -2.18. The third-order valence-electron chi connectivity index (χ3n) is 2.88.